The van der Waals surface area contributed by atoms with Gasteiger partial charge in [0.05, 0.1) is 27.4 Å². The number of carbonyl (C=O) groups excluding carboxylic acids is 2. The maximum Gasteiger partial charge on any atom is 0.270 e. The minimum Gasteiger partial charge on any atom is -0.366 e. The molecule has 1 aliphatic rings. The summed E-state index contributed by atoms with van der Waals surface area (Å²) >= 11 is 1.27. The lowest BCUT2D eigenvalue weighted by atomic mass is 10.0. The molecule has 3 rings (SSSR count). The SMILES string of the molecule is CNC(=O)c1cc2c(cc1C(N)=O)Sc1cc([N+](=O)[O-])ccc1N2. The largest absolute Gasteiger partial charge is 0.366 e. The summed E-state index contributed by atoms with van der Waals surface area (Å²) in [6, 6.07) is 7.51. The molecule has 0 unspecified atom stereocenters. The van der Waals surface area contributed by atoms with Crippen LogP contribution in [0.3, 0.4) is 0 Å². The first-order chi connectivity index (χ1) is 11.4. The molecule has 0 fully saturated rings. The normalized spacial score (nSPS) is 11.7. The van der Waals surface area contributed by atoms with Gasteiger partial charge in [-0.25, -0.2) is 0 Å². The Morgan fingerprint density at radius 1 is 1.17 bits per heavy atom. The van der Waals surface area contributed by atoms with E-state index in [-0.39, 0.29) is 16.8 Å². The number of nitro groups is 1. The Bertz CT molecular complexity index is 897. The molecule has 0 radical (unpaired) electrons. The standard InChI is InChI=1S/C15H12N4O4S/c1-17-15(21)9-5-11-13(6-8(9)14(16)20)24-12-4-7(19(22)23)2-3-10(12)18-11/h2-6,18H,1H3,(H2,16,20)(H,17,21). The van der Waals surface area contributed by atoms with Crippen LogP contribution in [0, 0.1) is 10.1 Å². The minimum atomic E-state index is -0.721. The van der Waals surface area contributed by atoms with E-state index >= 15 is 0 Å². The second-order valence-electron chi connectivity index (χ2n) is 5.00. The second-order valence-corrected chi connectivity index (χ2v) is 6.09. The van der Waals surface area contributed by atoms with Crippen molar-refractivity contribution in [2.24, 2.45) is 5.73 Å². The molecular formula is C15H12N4O4S. The molecule has 122 valence electrons. The third-order valence-corrected chi connectivity index (χ3v) is 4.64. The number of hydrogen-bond acceptors (Lipinski definition) is 6. The molecule has 2 aromatic carbocycles. The second kappa shape index (κ2) is 5.85. The number of nitrogens with zero attached hydrogens (tertiary/aromatic N) is 1. The Morgan fingerprint density at radius 3 is 2.50 bits per heavy atom. The lowest BCUT2D eigenvalue weighted by Gasteiger charge is -2.22. The van der Waals surface area contributed by atoms with Crippen LogP contribution in [0.1, 0.15) is 20.7 Å². The molecule has 0 saturated carbocycles. The Balaban J connectivity index is 2.09. The molecule has 9 heteroatoms. The van der Waals surface area contributed by atoms with Gasteiger partial charge in [0.25, 0.3) is 11.6 Å². The molecule has 0 spiro atoms. The maximum atomic E-state index is 12.0. The van der Waals surface area contributed by atoms with Gasteiger partial charge in [-0.15, -0.1) is 0 Å². The monoisotopic (exact) mass is 344 g/mol. The molecule has 0 aliphatic carbocycles. The molecule has 0 aromatic heterocycles. The molecule has 2 aromatic rings. The van der Waals surface area contributed by atoms with E-state index in [1.807, 2.05) is 0 Å². The van der Waals surface area contributed by atoms with Gasteiger partial charge in [-0.1, -0.05) is 11.8 Å². The first-order valence-corrected chi connectivity index (χ1v) is 7.65. The topological polar surface area (TPSA) is 127 Å². The van der Waals surface area contributed by atoms with Crippen molar-refractivity contribution in [1.82, 2.24) is 5.32 Å². The summed E-state index contributed by atoms with van der Waals surface area (Å²) in [7, 11) is 1.46. The van der Waals surface area contributed by atoms with Crippen molar-refractivity contribution in [3.63, 3.8) is 0 Å². The average Bonchev–Trinajstić information content (AvgIpc) is 2.57. The van der Waals surface area contributed by atoms with Gasteiger partial charge in [-0.2, -0.15) is 0 Å². The molecule has 1 heterocycles. The molecule has 1 aliphatic heterocycles. The zero-order valence-corrected chi connectivity index (χ0v) is 13.3. The zero-order chi connectivity index (χ0) is 17.4. The van der Waals surface area contributed by atoms with E-state index in [1.54, 1.807) is 12.1 Å². The van der Waals surface area contributed by atoms with Crippen LogP contribution in [-0.2, 0) is 0 Å². The predicted octanol–water partition coefficient (Wildman–Crippen LogP) is 2.26. The van der Waals surface area contributed by atoms with Gasteiger partial charge < -0.3 is 16.4 Å². The third-order valence-electron chi connectivity index (χ3n) is 3.52. The van der Waals surface area contributed by atoms with Gasteiger partial charge in [0.2, 0.25) is 5.91 Å². The van der Waals surface area contributed by atoms with Crippen molar-refractivity contribution in [1.29, 1.82) is 0 Å². The third kappa shape index (κ3) is 2.65. The van der Waals surface area contributed by atoms with E-state index in [0.29, 0.717) is 21.2 Å². The Hall–Kier alpha value is -3.07. The van der Waals surface area contributed by atoms with Crippen molar-refractivity contribution >= 4 is 40.6 Å². The number of anilines is 2. The molecular weight excluding hydrogens is 332 g/mol. The fourth-order valence-corrected chi connectivity index (χ4v) is 3.41. The number of amides is 2. The summed E-state index contributed by atoms with van der Waals surface area (Å²) in [5.74, 6) is -1.14. The van der Waals surface area contributed by atoms with Gasteiger partial charge in [-0.3, -0.25) is 19.7 Å². The van der Waals surface area contributed by atoms with Crippen LogP contribution in [0.15, 0.2) is 40.1 Å². The summed E-state index contributed by atoms with van der Waals surface area (Å²) < 4.78 is 0. The number of nitrogens with two attached hydrogens (primary N) is 1. The first kappa shape index (κ1) is 15.8. The number of fused-ring (bicyclic) bond motifs is 2. The molecule has 4 N–H and O–H groups in total. The fourth-order valence-electron chi connectivity index (χ4n) is 2.36. The number of rotatable bonds is 3. The first-order valence-electron chi connectivity index (χ1n) is 6.84. The van der Waals surface area contributed by atoms with Gasteiger partial charge >= 0.3 is 0 Å². The zero-order valence-electron chi connectivity index (χ0n) is 12.5. The van der Waals surface area contributed by atoms with Crippen molar-refractivity contribution in [3.8, 4) is 0 Å². The van der Waals surface area contributed by atoms with Crippen LogP contribution in [0.4, 0.5) is 17.1 Å². The van der Waals surface area contributed by atoms with Gasteiger partial charge in [0, 0.05) is 29.0 Å². The molecule has 0 saturated heterocycles. The number of carbonyl (C=O) groups is 2. The molecule has 8 nitrogen and oxygen atoms in total. The highest BCUT2D eigenvalue weighted by molar-refractivity contribution is 7.99. The number of benzene rings is 2. The van der Waals surface area contributed by atoms with E-state index in [1.165, 1.54) is 37.0 Å². The van der Waals surface area contributed by atoms with Crippen molar-refractivity contribution < 1.29 is 14.5 Å². The molecule has 0 bridgehead atoms. The van der Waals surface area contributed by atoms with Crippen molar-refractivity contribution in [2.75, 3.05) is 12.4 Å². The van der Waals surface area contributed by atoms with E-state index < -0.39 is 16.7 Å². The summed E-state index contributed by atoms with van der Waals surface area (Å²) in [4.78, 5) is 35.3. The predicted molar refractivity (Wildman–Crippen MR) is 88.9 cm³/mol. The Kier molecular flexibility index (Phi) is 3.86. The summed E-state index contributed by atoms with van der Waals surface area (Å²) in [6.07, 6.45) is 0. The summed E-state index contributed by atoms with van der Waals surface area (Å²) in [5, 5.41) is 16.5. The van der Waals surface area contributed by atoms with Crippen molar-refractivity contribution in [3.05, 3.63) is 51.6 Å². The van der Waals surface area contributed by atoms with Gasteiger partial charge in [0.15, 0.2) is 0 Å². The number of non-ortho nitro benzene ring substituents is 1. The van der Waals surface area contributed by atoms with E-state index in [2.05, 4.69) is 10.6 Å². The summed E-state index contributed by atoms with van der Waals surface area (Å²) in [5.41, 5.74) is 6.92. The molecule has 24 heavy (non-hydrogen) atoms. The van der Waals surface area contributed by atoms with E-state index in [0.717, 1.165) is 0 Å². The number of primary amides is 1. The lowest BCUT2D eigenvalue weighted by molar-refractivity contribution is -0.385. The Morgan fingerprint density at radius 2 is 1.88 bits per heavy atom. The van der Waals surface area contributed by atoms with E-state index in [4.69, 9.17) is 5.73 Å². The van der Waals surface area contributed by atoms with Crippen molar-refractivity contribution in [2.45, 2.75) is 9.79 Å². The van der Waals surface area contributed by atoms with Crippen LogP contribution in [-0.4, -0.2) is 23.8 Å². The minimum absolute atomic E-state index is 0.0244. The number of nitro benzene ring substituents is 1. The number of nitrogens with one attached hydrogen (secondary N) is 2. The van der Waals surface area contributed by atoms with Gasteiger partial charge in [-0.05, 0) is 18.2 Å². The van der Waals surface area contributed by atoms with Crippen LogP contribution in [0.25, 0.3) is 0 Å². The van der Waals surface area contributed by atoms with Crippen LogP contribution < -0.4 is 16.4 Å². The highest BCUT2D eigenvalue weighted by Gasteiger charge is 2.23. The molecule has 0 atom stereocenters. The lowest BCUT2D eigenvalue weighted by Crippen LogP contribution is -2.24. The average molecular weight is 344 g/mol. The molecule has 2 amide bonds. The van der Waals surface area contributed by atoms with Gasteiger partial charge in [0.1, 0.15) is 0 Å². The maximum absolute atomic E-state index is 12.0. The smallest absolute Gasteiger partial charge is 0.270 e. The van der Waals surface area contributed by atoms with E-state index in [9.17, 15) is 19.7 Å². The van der Waals surface area contributed by atoms with Crippen LogP contribution in [0.2, 0.25) is 0 Å². The Labute approximate surface area is 140 Å². The number of hydrogen-bond donors (Lipinski definition) is 3. The summed E-state index contributed by atoms with van der Waals surface area (Å²) in [6.45, 7) is 0. The fraction of sp³-hybridized carbons (Fsp3) is 0.0667. The highest BCUT2D eigenvalue weighted by atomic mass is 32.2. The van der Waals surface area contributed by atoms with Crippen LogP contribution >= 0.6 is 11.8 Å². The quantitative estimate of drug-likeness (QED) is 0.494. The highest BCUT2D eigenvalue weighted by Crippen LogP contribution is 2.46. The van der Waals surface area contributed by atoms with Crippen LogP contribution in [0.5, 0.6) is 0 Å².